The van der Waals surface area contributed by atoms with Crippen molar-refractivity contribution in [2.75, 3.05) is 20.8 Å². The zero-order valence-corrected chi connectivity index (χ0v) is 17.4. The minimum Gasteiger partial charge on any atom is -0.497 e. The largest absolute Gasteiger partial charge is 0.497 e. The fourth-order valence-corrected chi connectivity index (χ4v) is 3.80. The van der Waals surface area contributed by atoms with Crippen molar-refractivity contribution in [1.82, 2.24) is 9.88 Å². The van der Waals surface area contributed by atoms with Crippen molar-refractivity contribution in [3.05, 3.63) is 58.8 Å². The molecule has 2 N–H and O–H groups in total. The van der Waals surface area contributed by atoms with E-state index in [9.17, 15) is 9.90 Å². The summed E-state index contributed by atoms with van der Waals surface area (Å²) in [5, 5.41) is 14.2. The molecular weight excluding hydrogens is 368 g/mol. The minimum atomic E-state index is -0.896. The zero-order chi connectivity index (χ0) is 21.0. The van der Waals surface area contributed by atoms with Crippen molar-refractivity contribution < 1.29 is 19.4 Å². The summed E-state index contributed by atoms with van der Waals surface area (Å²) in [6.45, 7) is 5.78. The maximum atomic E-state index is 12.0. The van der Waals surface area contributed by atoms with Crippen LogP contribution < -0.4 is 14.8 Å². The highest BCUT2D eigenvalue weighted by molar-refractivity contribution is 5.98. The summed E-state index contributed by atoms with van der Waals surface area (Å²) < 4.78 is 12.6. The molecule has 3 aromatic rings. The van der Waals surface area contributed by atoms with Gasteiger partial charge in [0.05, 0.1) is 14.2 Å². The van der Waals surface area contributed by atoms with Gasteiger partial charge in [-0.1, -0.05) is 12.1 Å². The first kappa shape index (κ1) is 20.7. The predicted octanol–water partition coefficient (Wildman–Crippen LogP) is 4.02. The van der Waals surface area contributed by atoms with Gasteiger partial charge in [0.25, 0.3) is 0 Å². The topological polar surface area (TPSA) is 72.7 Å². The van der Waals surface area contributed by atoms with Crippen LogP contribution in [0.25, 0.3) is 10.9 Å². The Morgan fingerprint density at radius 2 is 1.93 bits per heavy atom. The molecule has 0 saturated heterocycles. The SMILES string of the molecule is CCn1c(C(=O)O)c(CNCCc2cc(OC)ccc2OC)c2ccc(C)cc21. The summed E-state index contributed by atoms with van der Waals surface area (Å²) in [6, 6.07) is 11.8. The number of carboxylic acids is 1. The van der Waals surface area contributed by atoms with Gasteiger partial charge < -0.3 is 24.5 Å². The summed E-state index contributed by atoms with van der Waals surface area (Å²) in [6.07, 6.45) is 0.744. The molecule has 0 radical (unpaired) electrons. The first-order chi connectivity index (χ1) is 14.0. The first-order valence-corrected chi connectivity index (χ1v) is 9.76. The number of aryl methyl sites for hydroxylation is 2. The van der Waals surface area contributed by atoms with Crippen LogP contribution in [-0.4, -0.2) is 36.4 Å². The van der Waals surface area contributed by atoms with Crippen molar-refractivity contribution in [2.45, 2.75) is 33.4 Å². The summed E-state index contributed by atoms with van der Waals surface area (Å²) in [4.78, 5) is 12.0. The molecular formula is C23H28N2O4. The number of rotatable bonds is 9. The molecule has 0 aliphatic heterocycles. The molecule has 154 valence electrons. The number of hydrogen-bond donors (Lipinski definition) is 2. The third-order valence-corrected chi connectivity index (χ3v) is 5.20. The van der Waals surface area contributed by atoms with E-state index in [-0.39, 0.29) is 0 Å². The predicted molar refractivity (Wildman–Crippen MR) is 114 cm³/mol. The van der Waals surface area contributed by atoms with E-state index in [0.29, 0.717) is 25.3 Å². The maximum Gasteiger partial charge on any atom is 0.352 e. The Balaban J connectivity index is 1.81. The molecule has 0 bridgehead atoms. The van der Waals surface area contributed by atoms with Gasteiger partial charge in [0.2, 0.25) is 0 Å². The molecule has 0 atom stereocenters. The van der Waals surface area contributed by atoms with Crippen LogP contribution in [-0.2, 0) is 19.5 Å². The molecule has 6 heteroatoms. The van der Waals surface area contributed by atoms with Gasteiger partial charge in [-0.05, 0) is 62.2 Å². The number of carbonyl (C=O) groups is 1. The highest BCUT2D eigenvalue weighted by atomic mass is 16.5. The van der Waals surface area contributed by atoms with Crippen LogP contribution in [0.5, 0.6) is 11.5 Å². The normalized spacial score (nSPS) is 11.0. The van der Waals surface area contributed by atoms with Crippen LogP contribution in [0.1, 0.15) is 34.1 Å². The Hall–Kier alpha value is -2.99. The molecule has 1 aromatic heterocycles. The molecule has 0 aliphatic rings. The average Bonchev–Trinajstić information content (AvgIpc) is 3.03. The number of nitrogens with zero attached hydrogens (tertiary/aromatic N) is 1. The highest BCUT2D eigenvalue weighted by Gasteiger charge is 2.21. The minimum absolute atomic E-state index is 0.361. The fourth-order valence-electron chi connectivity index (χ4n) is 3.80. The maximum absolute atomic E-state index is 12.0. The van der Waals surface area contributed by atoms with Gasteiger partial charge in [-0.25, -0.2) is 4.79 Å². The van der Waals surface area contributed by atoms with Crippen molar-refractivity contribution >= 4 is 16.9 Å². The zero-order valence-electron chi connectivity index (χ0n) is 17.4. The number of nitrogens with one attached hydrogen (secondary N) is 1. The summed E-state index contributed by atoms with van der Waals surface area (Å²) in [5.74, 6) is 0.708. The second-order valence-corrected chi connectivity index (χ2v) is 7.00. The van der Waals surface area contributed by atoms with E-state index in [2.05, 4.69) is 11.4 Å². The summed E-state index contributed by atoms with van der Waals surface area (Å²) in [5.41, 5.74) is 4.32. The van der Waals surface area contributed by atoms with Gasteiger partial charge in [-0.15, -0.1) is 0 Å². The fraction of sp³-hybridized carbons (Fsp3) is 0.348. The van der Waals surface area contributed by atoms with E-state index < -0.39 is 5.97 Å². The molecule has 3 rings (SSSR count). The molecule has 0 fully saturated rings. The van der Waals surface area contributed by atoms with E-state index in [1.165, 1.54) is 0 Å². The molecule has 6 nitrogen and oxygen atoms in total. The van der Waals surface area contributed by atoms with Gasteiger partial charge in [0.15, 0.2) is 0 Å². The number of hydrogen-bond acceptors (Lipinski definition) is 4. The number of carboxylic acid groups (broad SMARTS) is 1. The molecule has 2 aromatic carbocycles. The number of benzene rings is 2. The lowest BCUT2D eigenvalue weighted by molar-refractivity contribution is 0.0684. The quantitative estimate of drug-likeness (QED) is 0.535. The Labute approximate surface area is 171 Å². The van der Waals surface area contributed by atoms with E-state index in [0.717, 1.165) is 45.5 Å². The van der Waals surface area contributed by atoms with Gasteiger partial charge in [0, 0.05) is 29.6 Å². The molecule has 0 spiro atoms. The lowest BCUT2D eigenvalue weighted by atomic mass is 10.1. The standard InChI is InChI=1S/C23H28N2O4/c1-5-25-20-12-15(2)6-8-18(20)19(22(25)23(26)27)14-24-11-10-16-13-17(28-3)7-9-21(16)29-4/h6-9,12-13,24H,5,10-11,14H2,1-4H3,(H,26,27). The Morgan fingerprint density at radius 1 is 1.14 bits per heavy atom. The van der Waals surface area contributed by atoms with Gasteiger partial charge in [0.1, 0.15) is 17.2 Å². The number of ether oxygens (including phenoxy) is 2. The van der Waals surface area contributed by atoms with E-state index in [1.54, 1.807) is 14.2 Å². The van der Waals surface area contributed by atoms with Gasteiger partial charge >= 0.3 is 5.97 Å². The number of fused-ring (bicyclic) bond motifs is 1. The Kier molecular flexibility index (Phi) is 6.44. The molecule has 29 heavy (non-hydrogen) atoms. The lowest BCUT2D eigenvalue weighted by Crippen LogP contribution is -2.19. The summed E-state index contributed by atoms with van der Waals surface area (Å²) in [7, 11) is 3.29. The number of aromatic carboxylic acids is 1. The van der Waals surface area contributed by atoms with Crippen molar-refractivity contribution in [1.29, 1.82) is 0 Å². The smallest absolute Gasteiger partial charge is 0.352 e. The monoisotopic (exact) mass is 396 g/mol. The van der Waals surface area contributed by atoms with Crippen molar-refractivity contribution in [3.63, 3.8) is 0 Å². The third kappa shape index (κ3) is 4.22. The molecule has 0 amide bonds. The lowest BCUT2D eigenvalue weighted by Gasteiger charge is -2.11. The highest BCUT2D eigenvalue weighted by Crippen LogP contribution is 2.28. The van der Waals surface area contributed by atoms with E-state index in [4.69, 9.17) is 9.47 Å². The third-order valence-electron chi connectivity index (χ3n) is 5.20. The van der Waals surface area contributed by atoms with Crippen molar-refractivity contribution in [2.24, 2.45) is 0 Å². The average molecular weight is 396 g/mol. The van der Waals surface area contributed by atoms with Gasteiger partial charge in [-0.2, -0.15) is 0 Å². The number of aromatic nitrogens is 1. The summed E-state index contributed by atoms with van der Waals surface area (Å²) >= 11 is 0. The van der Waals surface area contributed by atoms with Crippen LogP contribution in [0.15, 0.2) is 36.4 Å². The molecule has 0 aliphatic carbocycles. The Morgan fingerprint density at radius 3 is 2.59 bits per heavy atom. The van der Waals surface area contributed by atoms with E-state index >= 15 is 0 Å². The second-order valence-electron chi connectivity index (χ2n) is 7.00. The first-order valence-electron chi connectivity index (χ1n) is 9.76. The second kappa shape index (κ2) is 9.01. The van der Waals surface area contributed by atoms with Gasteiger partial charge in [-0.3, -0.25) is 0 Å². The number of methoxy groups -OCH3 is 2. The van der Waals surface area contributed by atoms with Crippen LogP contribution in [0.2, 0.25) is 0 Å². The van der Waals surface area contributed by atoms with E-state index in [1.807, 2.05) is 48.7 Å². The molecule has 0 unspecified atom stereocenters. The Bertz CT molecular complexity index is 1020. The van der Waals surface area contributed by atoms with Crippen molar-refractivity contribution in [3.8, 4) is 11.5 Å². The molecule has 1 heterocycles. The van der Waals surface area contributed by atoms with Crippen LogP contribution >= 0.6 is 0 Å². The van der Waals surface area contributed by atoms with Crippen LogP contribution in [0.4, 0.5) is 0 Å². The van der Waals surface area contributed by atoms with Crippen LogP contribution in [0.3, 0.4) is 0 Å². The van der Waals surface area contributed by atoms with Crippen LogP contribution in [0, 0.1) is 6.92 Å². The molecule has 0 saturated carbocycles.